The van der Waals surface area contributed by atoms with Crippen LogP contribution >= 0.6 is 0 Å². The fourth-order valence-electron chi connectivity index (χ4n) is 3.85. The van der Waals surface area contributed by atoms with Gasteiger partial charge in [-0.1, -0.05) is 0 Å². The second-order valence-electron chi connectivity index (χ2n) is 7.47. The third kappa shape index (κ3) is 5.36. The summed E-state index contributed by atoms with van der Waals surface area (Å²) in [4.78, 5) is 15.6. The fourth-order valence-corrected chi connectivity index (χ4v) is 3.85. The van der Waals surface area contributed by atoms with E-state index in [4.69, 9.17) is 9.47 Å². The van der Waals surface area contributed by atoms with Crippen LogP contribution in [-0.2, 0) is 20.4 Å². The molecular formula is C19H27F3N3O3+. The van der Waals surface area contributed by atoms with E-state index in [1.165, 1.54) is 6.07 Å². The summed E-state index contributed by atoms with van der Waals surface area (Å²) in [5.74, 6) is -0.301. The topological polar surface area (TPSA) is 55.2 Å². The standard InChI is InChI=1S/C19H26F3N3O3/c1-13-10-24(11-14(2)28-13)12-18(26)23-16-9-15(19(20,21)22)3-4-17(16)25-5-7-27-8-6-25/h3-4,9,13-14H,5-8,10-12H2,1-2H3,(H,23,26)/p+1/t13-,14-/m1/s1. The zero-order valence-electron chi connectivity index (χ0n) is 16.1. The maximum absolute atomic E-state index is 13.2. The molecule has 0 bridgehead atoms. The van der Waals surface area contributed by atoms with Gasteiger partial charge in [0.1, 0.15) is 25.3 Å². The van der Waals surface area contributed by atoms with Crippen molar-refractivity contribution in [1.82, 2.24) is 0 Å². The van der Waals surface area contributed by atoms with Gasteiger partial charge in [0.25, 0.3) is 5.91 Å². The lowest BCUT2D eigenvalue weighted by Gasteiger charge is -2.32. The first-order valence-corrected chi connectivity index (χ1v) is 9.55. The van der Waals surface area contributed by atoms with E-state index >= 15 is 0 Å². The highest BCUT2D eigenvalue weighted by Gasteiger charge is 2.32. The minimum atomic E-state index is -4.47. The first-order valence-electron chi connectivity index (χ1n) is 9.55. The molecule has 3 rings (SSSR count). The summed E-state index contributed by atoms with van der Waals surface area (Å²) in [6, 6.07) is 3.50. The number of anilines is 2. The molecule has 2 aliphatic heterocycles. The van der Waals surface area contributed by atoms with Crippen LogP contribution in [0.15, 0.2) is 18.2 Å². The van der Waals surface area contributed by atoms with Crippen molar-refractivity contribution < 1.29 is 32.3 Å². The van der Waals surface area contributed by atoms with E-state index in [9.17, 15) is 18.0 Å². The quantitative estimate of drug-likeness (QED) is 0.794. The van der Waals surface area contributed by atoms with Crippen LogP contribution in [-0.4, -0.2) is 64.1 Å². The van der Waals surface area contributed by atoms with E-state index in [2.05, 4.69) is 5.32 Å². The first kappa shape index (κ1) is 20.9. The molecule has 6 nitrogen and oxygen atoms in total. The van der Waals surface area contributed by atoms with Crippen LogP contribution in [0.1, 0.15) is 19.4 Å². The molecular weight excluding hydrogens is 375 g/mol. The largest absolute Gasteiger partial charge is 0.416 e. The molecule has 1 aromatic rings. The van der Waals surface area contributed by atoms with Crippen LogP contribution in [0.4, 0.5) is 24.5 Å². The predicted molar refractivity (Wildman–Crippen MR) is 98.7 cm³/mol. The summed E-state index contributed by atoms with van der Waals surface area (Å²) in [7, 11) is 0. The number of hydrogen-bond donors (Lipinski definition) is 2. The summed E-state index contributed by atoms with van der Waals surface area (Å²) in [6.07, 6.45) is -4.38. The molecule has 28 heavy (non-hydrogen) atoms. The minimum Gasteiger partial charge on any atom is -0.378 e. The van der Waals surface area contributed by atoms with Gasteiger partial charge in [-0.15, -0.1) is 0 Å². The summed E-state index contributed by atoms with van der Waals surface area (Å²) in [5.41, 5.74) is -0.000353. The van der Waals surface area contributed by atoms with E-state index in [0.717, 1.165) is 17.0 Å². The molecule has 0 saturated carbocycles. The van der Waals surface area contributed by atoms with Gasteiger partial charge in [0.15, 0.2) is 6.54 Å². The van der Waals surface area contributed by atoms with Crippen LogP contribution in [0.25, 0.3) is 0 Å². The number of benzene rings is 1. The molecule has 2 aliphatic rings. The van der Waals surface area contributed by atoms with Crippen LogP contribution in [0, 0.1) is 0 Å². The van der Waals surface area contributed by atoms with Gasteiger partial charge in [-0.05, 0) is 32.0 Å². The molecule has 0 aromatic heterocycles. The fraction of sp³-hybridized carbons (Fsp3) is 0.632. The van der Waals surface area contributed by atoms with Crippen molar-refractivity contribution in [3.05, 3.63) is 23.8 Å². The number of quaternary nitrogens is 1. The Hall–Kier alpha value is -1.84. The molecule has 2 heterocycles. The number of alkyl halides is 3. The van der Waals surface area contributed by atoms with Crippen molar-refractivity contribution in [2.75, 3.05) is 56.2 Å². The SMILES string of the molecule is C[C@@H]1C[NH+](CC(=O)Nc2cc(C(F)(F)F)ccc2N2CCOCC2)C[C@@H](C)O1. The highest BCUT2D eigenvalue weighted by Crippen LogP contribution is 2.35. The number of nitrogens with one attached hydrogen (secondary N) is 2. The third-order valence-electron chi connectivity index (χ3n) is 4.98. The molecule has 2 N–H and O–H groups in total. The highest BCUT2D eigenvalue weighted by molar-refractivity contribution is 5.95. The number of nitrogens with zero attached hydrogens (tertiary/aromatic N) is 1. The normalized spacial score (nSPS) is 26.2. The van der Waals surface area contributed by atoms with Gasteiger partial charge in [0.2, 0.25) is 0 Å². The Kier molecular flexibility index (Phi) is 6.47. The average molecular weight is 402 g/mol. The molecule has 0 unspecified atom stereocenters. The molecule has 9 heteroatoms. The number of morpholine rings is 2. The van der Waals surface area contributed by atoms with Gasteiger partial charge in [-0.25, -0.2) is 0 Å². The Labute approximate surface area is 162 Å². The second-order valence-corrected chi connectivity index (χ2v) is 7.47. The molecule has 1 aromatic carbocycles. The van der Waals surface area contributed by atoms with Gasteiger partial charge >= 0.3 is 6.18 Å². The molecule has 0 aliphatic carbocycles. The number of hydrogen-bond acceptors (Lipinski definition) is 4. The van der Waals surface area contributed by atoms with Crippen molar-refractivity contribution in [2.24, 2.45) is 0 Å². The summed E-state index contributed by atoms with van der Waals surface area (Å²) in [6.45, 7) is 7.62. The lowest BCUT2D eigenvalue weighted by molar-refractivity contribution is -0.907. The summed E-state index contributed by atoms with van der Waals surface area (Å²) >= 11 is 0. The van der Waals surface area contributed by atoms with Crippen molar-refractivity contribution in [1.29, 1.82) is 0 Å². The molecule has 1 amide bonds. The lowest BCUT2D eigenvalue weighted by Crippen LogP contribution is -3.16. The van der Waals surface area contributed by atoms with Crippen molar-refractivity contribution in [3.63, 3.8) is 0 Å². The molecule has 156 valence electrons. The van der Waals surface area contributed by atoms with E-state index < -0.39 is 11.7 Å². The van der Waals surface area contributed by atoms with Gasteiger partial charge in [0, 0.05) is 13.1 Å². The van der Waals surface area contributed by atoms with E-state index in [-0.39, 0.29) is 30.3 Å². The Bertz CT molecular complexity index is 683. The van der Waals surface area contributed by atoms with Gasteiger partial charge in [-0.3, -0.25) is 4.79 Å². The average Bonchev–Trinajstić information content (AvgIpc) is 2.60. The number of ether oxygens (including phenoxy) is 2. The summed E-state index contributed by atoms with van der Waals surface area (Å²) < 4.78 is 50.5. The zero-order chi connectivity index (χ0) is 20.3. The Morgan fingerprint density at radius 3 is 2.46 bits per heavy atom. The number of carbonyl (C=O) groups excluding carboxylic acids is 1. The van der Waals surface area contributed by atoms with E-state index in [1.54, 1.807) is 0 Å². The first-order chi connectivity index (χ1) is 13.2. The van der Waals surface area contributed by atoms with E-state index in [0.29, 0.717) is 45.1 Å². The number of amides is 1. The van der Waals surface area contributed by atoms with Gasteiger partial charge in [0.05, 0.1) is 30.2 Å². The third-order valence-corrected chi connectivity index (χ3v) is 4.98. The summed E-state index contributed by atoms with van der Waals surface area (Å²) in [5, 5.41) is 2.71. The number of carbonyl (C=O) groups is 1. The van der Waals surface area contributed by atoms with Crippen molar-refractivity contribution in [2.45, 2.75) is 32.2 Å². The number of halogens is 3. The predicted octanol–water partition coefficient (Wildman–Crippen LogP) is 1.17. The molecule has 0 radical (unpaired) electrons. The van der Waals surface area contributed by atoms with Gasteiger partial charge in [-0.2, -0.15) is 13.2 Å². The van der Waals surface area contributed by atoms with Gasteiger partial charge < -0.3 is 24.6 Å². The van der Waals surface area contributed by atoms with Crippen molar-refractivity contribution in [3.8, 4) is 0 Å². The Morgan fingerprint density at radius 1 is 1.21 bits per heavy atom. The maximum Gasteiger partial charge on any atom is 0.416 e. The van der Waals surface area contributed by atoms with E-state index in [1.807, 2.05) is 18.7 Å². The monoisotopic (exact) mass is 402 g/mol. The molecule has 2 saturated heterocycles. The molecule has 0 spiro atoms. The maximum atomic E-state index is 13.2. The van der Waals surface area contributed by atoms with Crippen LogP contribution in [0.2, 0.25) is 0 Å². The van der Waals surface area contributed by atoms with Crippen LogP contribution in [0.3, 0.4) is 0 Å². The zero-order valence-corrected chi connectivity index (χ0v) is 16.1. The smallest absolute Gasteiger partial charge is 0.378 e. The van der Waals surface area contributed by atoms with Crippen molar-refractivity contribution >= 4 is 17.3 Å². The minimum absolute atomic E-state index is 0.0454. The number of rotatable bonds is 4. The molecule has 2 fully saturated rings. The Balaban J connectivity index is 1.76. The Morgan fingerprint density at radius 2 is 1.86 bits per heavy atom. The van der Waals surface area contributed by atoms with Crippen LogP contribution in [0.5, 0.6) is 0 Å². The second kappa shape index (κ2) is 8.67. The van der Waals surface area contributed by atoms with Crippen LogP contribution < -0.4 is 15.1 Å². The molecule has 2 atom stereocenters. The lowest BCUT2D eigenvalue weighted by atomic mass is 10.1. The highest BCUT2D eigenvalue weighted by atomic mass is 19.4.